The minimum atomic E-state index is -1.16. The van der Waals surface area contributed by atoms with Gasteiger partial charge in [-0.05, 0) is 36.1 Å². The standard InChI is InChI=1S/C24H34ClN5O2Si/c1-17(8-9-21(26)31)13-27-23-22-20(18-6-5-7-19(25)12-18)14-30(24(22)29-15-28-23)16-32-10-11-33(2,3)4/h5-7,12,14-15,17H,8-11,13,16H2,1-4H3,(H2,26,31)(H,27,28,29). The van der Waals surface area contributed by atoms with Crippen molar-refractivity contribution < 1.29 is 9.53 Å². The summed E-state index contributed by atoms with van der Waals surface area (Å²) in [5.41, 5.74) is 8.09. The highest BCUT2D eigenvalue weighted by molar-refractivity contribution is 6.76. The van der Waals surface area contributed by atoms with Gasteiger partial charge in [0.2, 0.25) is 5.91 Å². The molecule has 1 amide bonds. The Morgan fingerprint density at radius 1 is 1.30 bits per heavy atom. The van der Waals surface area contributed by atoms with Crippen LogP contribution in [0.1, 0.15) is 19.8 Å². The van der Waals surface area contributed by atoms with E-state index in [1.807, 2.05) is 28.8 Å². The lowest BCUT2D eigenvalue weighted by Crippen LogP contribution is -2.22. The van der Waals surface area contributed by atoms with E-state index in [-0.39, 0.29) is 11.8 Å². The molecule has 0 aliphatic carbocycles. The van der Waals surface area contributed by atoms with E-state index >= 15 is 0 Å². The lowest BCUT2D eigenvalue weighted by atomic mass is 10.0. The first-order valence-electron chi connectivity index (χ1n) is 11.3. The van der Waals surface area contributed by atoms with Gasteiger partial charge in [0.05, 0.1) is 5.39 Å². The van der Waals surface area contributed by atoms with Crippen LogP contribution in [0.4, 0.5) is 5.82 Å². The van der Waals surface area contributed by atoms with Gasteiger partial charge in [0, 0.05) is 44.4 Å². The van der Waals surface area contributed by atoms with E-state index in [1.165, 1.54) is 0 Å². The number of nitrogens with one attached hydrogen (secondary N) is 1. The molecule has 3 rings (SSSR count). The molecule has 2 aromatic heterocycles. The Kier molecular flexibility index (Phi) is 8.50. The van der Waals surface area contributed by atoms with Gasteiger partial charge in [0.25, 0.3) is 0 Å². The van der Waals surface area contributed by atoms with Crippen molar-refractivity contribution in [1.29, 1.82) is 0 Å². The summed E-state index contributed by atoms with van der Waals surface area (Å²) < 4.78 is 8.04. The van der Waals surface area contributed by atoms with E-state index in [0.717, 1.165) is 47.0 Å². The molecule has 1 unspecified atom stereocenters. The van der Waals surface area contributed by atoms with Crippen molar-refractivity contribution in [2.45, 2.75) is 52.2 Å². The summed E-state index contributed by atoms with van der Waals surface area (Å²) in [5.74, 6) is 0.742. The highest BCUT2D eigenvalue weighted by atomic mass is 35.5. The predicted molar refractivity (Wildman–Crippen MR) is 138 cm³/mol. The van der Waals surface area contributed by atoms with Gasteiger partial charge in [0.1, 0.15) is 24.5 Å². The Bertz CT molecular complexity index is 1100. The van der Waals surface area contributed by atoms with E-state index in [4.69, 9.17) is 22.1 Å². The molecule has 3 aromatic rings. The summed E-state index contributed by atoms with van der Waals surface area (Å²) in [7, 11) is -1.16. The average molecular weight is 488 g/mol. The fraction of sp³-hybridized carbons (Fsp3) is 0.458. The van der Waals surface area contributed by atoms with Gasteiger partial charge in [-0.15, -0.1) is 0 Å². The third kappa shape index (κ3) is 7.28. The molecule has 7 nitrogen and oxygen atoms in total. The number of carbonyl (C=O) groups excluding carboxylic acids is 1. The minimum absolute atomic E-state index is 0.268. The lowest BCUT2D eigenvalue weighted by molar-refractivity contribution is -0.118. The summed E-state index contributed by atoms with van der Waals surface area (Å²) in [6.45, 7) is 10.9. The van der Waals surface area contributed by atoms with Crippen LogP contribution < -0.4 is 11.1 Å². The molecule has 1 atom stereocenters. The van der Waals surface area contributed by atoms with Crippen molar-refractivity contribution in [2.24, 2.45) is 11.7 Å². The van der Waals surface area contributed by atoms with Crippen LogP contribution in [0.3, 0.4) is 0 Å². The summed E-state index contributed by atoms with van der Waals surface area (Å²) in [4.78, 5) is 20.2. The maximum atomic E-state index is 11.1. The first kappa shape index (κ1) is 25.2. The number of benzene rings is 1. The molecule has 9 heteroatoms. The Morgan fingerprint density at radius 2 is 2.09 bits per heavy atom. The number of aromatic nitrogens is 3. The highest BCUT2D eigenvalue weighted by Crippen LogP contribution is 2.35. The van der Waals surface area contributed by atoms with Gasteiger partial charge in [-0.3, -0.25) is 4.79 Å². The summed E-state index contributed by atoms with van der Waals surface area (Å²) in [6.07, 6.45) is 4.73. The van der Waals surface area contributed by atoms with Crippen LogP contribution in [0.25, 0.3) is 22.2 Å². The van der Waals surface area contributed by atoms with Crippen LogP contribution >= 0.6 is 11.6 Å². The molecule has 2 heterocycles. The van der Waals surface area contributed by atoms with E-state index in [0.29, 0.717) is 24.7 Å². The normalized spacial score (nSPS) is 12.8. The van der Waals surface area contributed by atoms with Crippen molar-refractivity contribution in [3.8, 4) is 11.1 Å². The van der Waals surface area contributed by atoms with E-state index in [2.05, 4.69) is 48.0 Å². The van der Waals surface area contributed by atoms with Crippen molar-refractivity contribution in [3.05, 3.63) is 41.8 Å². The number of ether oxygens (including phenoxy) is 1. The van der Waals surface area contributed by atoms with Gasteiger partial charge in [0.15, 0.2) is 0 Å². The fourth-order valence-corrected chi connectivity index (χ4v) is 4.48. The summed E-state index contributed by atoms with van der Waals surface area (Å²) in [6, 6.07) is 8.88. The Labute approximate surface area is 201 Å². The molecule has 33 heavy (non-hydrogen) atoms. The Balaban J connectivity index is 1.90. The number of nitrogens with two attached hydrogens (primary N) is 1. The zero-order valence-electron chi connectivity index (χ0n) is 19.9. The van der Waals surface area contributed by atoms with Gasteiger partial charge < -0.3 is 20.4 Å². The molecule has 1 aromatic carbocycles. The number of amides is 1. The van der Waals surface area contributed by atoms with Gasteiger partial charge in [-0.25, -0.2) is 9.97 Å². The van der Waals surface area contributed by atoms with Gasteiger partial charge in [-0.2, -0.15) is 0 Å². The molecular formula is C24H34ClN5O2Si. The number of halogens is 1. The van der Waals surface area contributed by atoms with Crippen LogP contribution in [-0.4, -0.2) is 41.7 Å². The van der Waals surface area contributed by atoms with Crippen molar-refractivity contribution >= 4 is 42.4 Å². The largest absolute Gasteiger partial charge is 0.370 e. The predicted octanol–water partition coefficient (Wildman–Crippen LogP) is 5.38. The third-order valence-corrected chi connectivity index (χ3v) is 7.46. The number of anilines is 1. The quantitative estimate of drug-likeness (QED) is 0.264. The highest BCUT2D eigenvalue weighted by Gasteiger charge is 2.18. The monoisotopic (exact) mass is 487 g/mol. The number of fused-ring (bicyclic) bond motifs is 1. The van der Waals surface area contributed by atoms with Gasteiger partial charge >= 0.3 is 0 Å². The maximum Gasteiger partial charge on any atom is 0.217 e. The zero-order chi connectivity index (χ0) is 24.0. The molecule has 0 spiro atoms. The van der Waals surface area contributed by atoms with Crippen LogP contribution in [0.2, 0.25) is 30.7 Å². The second-order valence-corrected chi connectivity index (χ2v) is 15.8. The van der Waals surface area contributed by atoms with E-state index in [1.54, 1.807) is 6.33 Å². The maximum absolute atomic E-state index is 11.1. The number of hydrogen-bond acceptors (Lipinski definition) is 5. The molecule has 0 bridgehead atoms. The Hall–Kier alpha value is -2.42. The van der Waals surface area contributed by atoms with Crippen LogP contribution in [0.5, 0.6) is 0 Å². The molecule has 0 aliphatic heterocycles. The van der Waals surface area contributed by atoms with Gasteiger partial charge in [-0.1, -0.05) is 50.3 Å². The average Bonchev–Trinajstić information content (AvgIpc) is 3.12. The number of nitrogens with zero attached hydrogens (tertiary/aromatic N) is 3. The molecule has 0 radical (unpaired) electrons. The van der Waals surface area contributed by atoms with Crippen LogP contribution in [-0.2, 0) is 16.3 Å². The molecule has 0 saturated carbocycles. The number of primary amides is 1. The van der Waals surface area contributed by atoms with Crippen molar-refractivity contribution in [1.82, 2.24) is 14.5 Å². The summed E-state index contributed by atoms with van der Waals surface area (Å²) in [5, 5.41) is 5.05. The first-order valence-corrected chi connectivity index (χ1v) is 15.4. The van der Waals surface area contributed by atoms with Crippen molar-refractivity contribution in [2.75, 3.05) is 18.5 Å². The minimum Gasteiger partial charge on any atom is -0.370 e. The molecule has 0 saturated heterocycles. The molecule has 0 aliphatic rings. The van der Waals surface area contributed by atoms with Crippen LogP contribution in [0.15, 0.2) is 36.8 Å². The zero-order valence-corrected chi connectivity index (χ0v) is 21.7. The number of rotatable bonds is 12. The molecular weight excluding hydrogens is 454 g/mol. The van der Waals surface area contributed by atoms with E-state index < -0.39 is 8.07 Å². The Morgan fingerprint density at radius 3 is 2.79 bits per heavy atom. The van der Waals surface area contributed by atoms with E-state index in [9.17, 15) is 4.79 Å². The van der Waals surface area contributed by atoms with Crippen LogP contribution in [0, 0.1) is 5.92 Å². The third-order valence-electron chi connectivity index (χ3n) is 5.52. The smallest absolute Gasteiger partial charge is 0.217 e. The molecule has 3 N–H and O–H groups in total. The SMILES string of the molecule is CC(CCC(N)=O)CNc1ncnc2c1c(-c1cccc(Cl)c1)cn2COCC[Si](C)(C)C. The fourth-order valence-electron chi connectivity index (χ4n) is 3.53. The topological polar surface area (TPSA) is 95.1 Å². The molecule has 178 valence electrons. The number of carbonyl (C=O) groups is 1. The van der Waals surface area contributed by atoms with Crippen molar-refractivity contribution in [3.63, 3.8) is 0 Å². The molecule has 0 fully saturated rings. The second-order valence-electron chi connectivity index (χ2n) is 9.78. The number of hydrogen-bond donors (Lipinski definition) is 2. The first-order chi connectivity index (χ1) is 15.6. The summed E-state index contributed by atoms with van der Waals surface area (Å²) >= 11 is 6.29. The lowest BCUT2D eigenvalue weighted by Gasteiger charge is -2.15. The second kappa shape index (κ2) is 11.1.